The van der Waals surface area contributed by atoms with E-state index < -0.39 is 11.4 Å². The van der Waals surface area contributed by atoms with Gasteiger partial charge in [0.1, 0.15) is 5.41 Å². The number of hydrogen-bond acceptors (Lipinski definition) is 2. The standard InChI is InChI=1S/C11H11BrClNO2/c12-9-2-1-7(13)5-8(9)11(10(15)16)3-4-14-6-11/h1-2,5,14H,3-4,6H2,(H,15,16). The van der Waals surface area contributed by atoms with Crippen LogP contribution in [0.2, 0.25) is 5.02 Å². The van der Waals surface area contributed by atoms with Crippen molar-refractivity contribution in [3.8, 4) is 0 Å². The topological polar surface area (TPSA) is 49.3 Å². The molecule has 86 valence electrons. The molecule has 0 bridgehead atoms. The minimum absolute atomic E-state index is 0.446. The molecule has 0 aromatic heterocycles. The Labute approximate surface area is 107 Å². The van der Waals surface area contributed by atoms with Gasteiger partial charge in [-0.05, 0) is 36.7 Å². The van der Waals surface area contributed by atoms with E-state index in [2.05, 4.69) is 21.2 Å². The minimum atomic E-state index is -0.857. The summed E-state index contributed by atoms with van der Waals surface area (Å²) in [5.41, 5.74) is -0.110. The summed E-state index contributed by atoms with van der Waals surface area (Å²) >= 11 is 9.32. The average molecular weight is 305 g/mol. The average Bonchev–Trinajstić information content (AvgIpc) is 2.71. The van der Waals surface area contributed by atoms with Crippen molar-refractivity contribution in [2.45, 2.75) is 11.8 Å². The summed E-state index contributed by atoms with van der Waals surface area (Å²) in [7, 11) is 0. The molecule has 1 aromatic carbocycles. The van der Waals surface area contributed by atoms with Crippen LogP contribution in [0.1, 0.15) is 12.0 Å². The first kappa shape index (κ1) is 11.9. The summed E-state index contributed by atoms with van der Waals surface area (Å²) in [4.78, 5) is 11.5. The summed E-state index contributed by atoms with van der Waals surface area (Å²) in [5.74, 6) is -0.805. The molecule has 1 atom stereocenters. The number of carbonyl (C=O) groups is 1. The summed E-state index contributed by atoms with van der Waals surface area (Å²) in [6.07, 6.45) is 0.585. The van der Waals surface area contributed by atoms with Gasteiger partial charge in [0.2, 0.25) is 0 Å². The monoisotopic (exact) mass is 303 g/mol. The first-order valence-corrected chi connectivity index (χ1v) is 6.13. The molecule has 0 saturated carbocycles. The Bertz CT molecular complexity index is 430. The highest BCUT2D eigenvalue weighted by molar-refractivity contribution is 9.10. The fourth-order valence-electron chi connectivity index (χ4n) is 2.08. The van der Waals surface area contributed by atoms with Crippen molar-refractivity contribution >= 4 is 33.5 Å². The van der Waals surface area contributed by atoms with E-state index in [-0.39, 0.29) is 0 Å². The maximum atomic E-state index is 11.5. The zero-order valence-electron chi connectivity index (χ0n) is 8.46. The molecule has 2 N–H and O–H groups in total. The van der Waals surface area contributed by atoms with Gasteiger partial charge in [-0.2, -0.15) is 0 Å². The van der Waals surface area contributed by atoms with Crippen LogP contribution in [-0.2, 0) is 10.2 Å². The molecule has 1 aliphatic rings. The number of hydrogen-bond donors (Lipinski definition) is 2. The summed E-state index contributed by atoms with van der Waals surface area (Å²) in [6.45, 7) is 1.16. The van der Waals surface area contributed by atoms with Crippen LogP contribution in [0.4, 0.5) is 0 Å². The van der Waals surface area contributed by atoms with Crippen molar-refractivity contribution in [2.24, 2.45) is 0 Å². The van der Waals surface area contributed by atoms with E-state index in [1.165, 1.54) is 0 Å². The zero-order chi connectivity index (χ0) is 11.8. The molecule has 0 amide bonds. The van der Waals surface area contributed by atoms with Crippen molar-refractivity contribution in [3.05, 3.63) is 33.3 Å². The number of rotatable bonds is 2. The van der Waals surface area contributed by atoms with Crippen LogP contribution >= 0.6 is 27.5 Å². The summed E-state index contributed by atoms with van der Waals surface area (Å²) in [5, 5.41) is 13.1. The predicted molar refractivity (Wildman–Crippen MR) is 66.0 cm³/mol. The zero-order valence-corrected chi connectivity index (χ0v) is 10.8. The molecule has 16 heavy (non-hydrogen) atoms. The molecule has 5 heteroatoms. The third-order valence-electron chi connectivity index (χ3n) is 3.01. The van der Waals surface area contributed by atoms with Crippen molar-refractivity contribution in [2.75, 3.05) is 13.1 Å². The lowest BCUT2D eigenvalue weighted by molar-refractivity contribution is -0.143. The normalized spacial score (nSPS) is 24.6. The van der Waals surface area contributed by atoms with Crippen LogP contribution < -0.4 is 5.32 Å². The van der Waals surface area contributed by atoms with Crippen LogP contribution in [0.3, 0.4) is 0 Å². The van der Waals surface area contributed by atoms with E-state index in [1.807, 2.05) is 0 Å². The van der Waals surface area contributed by atoms with E-state index in [0.717, 1.165) is 10.0 Å². The van der Waals surface area contributed by atoms with Crippen LogP contribution in [-0.4, -0.2) is 24.2 Å². The van der Waals surface area contributed by atoms with E-state index in [4.69, 9.17) is 11.6 Å². The number of carboxylic acids is 1. The van der Waals surface area contributed by atoms with Crippen molar-refractivity contribution in [1.82, 2.24) is 5.32 Å². The molecule has 0 aliphatic carbocycles. The fourth-order valence-corrected chi connectivity index (χ4v) is 2.88. The highest BCUT2D eigenvalue weighted by Crippen LogP contribution is 2.37. The summed E-state index contributed by atoms with van der Waals surface area (Å²) in [6, 6.07) is 5.26. The Kier molecular flexibility index (Phi) is 3.24. The van der Waals surface area contributed by atoms with Crippen LogP contribution in [0.15, 0.2) is 22.7 Å². The minimum Gasteiger partial charge on any atom is -0.481 e. The second-order valence-electron chi connectivity index (χ2n) is 3.94. The van der Waals surface area contributed by atoms with Gasteiger partial charge in [0.05, 0.1) is 0 Å². The van der Waals surface area contributed by atoms with Gasteiger partial charge >= 0.3 is 5.97 Å². The first-order valence-electron chi connectivity index (χ1n) is 4.96. The lowest BCUT2D eigenvalue weighted by Crippen LogP contribution is -2.38. The molecule has 1 aromatic rings. The van der Waals surface area contributed by atoms with Gasteiger partial charge < -0.3 is 10.4 Å². The van der Waals surface area contributed by atoms with Gasteiger partial charge in [-0.1, -0.05) is 27.5 Å². The molecule has 1 unspecified atom stereocenters. The van der Waals surface area contributed by atoms with Crippen molar-refractivity contribution < 1.29 is 9.90 Å². The SMILES string of the molecule is O=C(O)C1(c2cc(Cl)ccc2Br)CCNC1. The second-order valence-corrected chi connectivity index (χ2v) is 5.23. The Morgan fingerprint density at radius 1 is 1.56 bits per heavy atom. The smallest absolute Gasteiger partial charge is 0.315 e. The van der Waals surface area contributed by atoms with Crippen LogP contribution in [0.25, 0.3) is 0 Å². The van der Waals surface area contributed by atoms with E-state index >= 15 is 0 Å². The molecule has 2 rings (SSSR count). The van der Waals surface area contributed by atoms with Crippen LogP contribution in [0.5, 0.6) is 0 Å². The Hall–Kier alpha value is -0.580. The molecular weight excluding hydrogens is 293 g/mol. The molecular formula is C11H11BrClNO2. The molecule has 1 saturated heterocycles. The van der Waals surface area contributed by atoms with Crippen molar-refractivity contribution in [1.29, 1.82) is 0 Å². The Morgan fingerprint density at radius 2 is 2.31 bits per heavy atom. The fraction of sp³-hybridized carbons (Fsp3) is 0.364. The second kappa shape index (κ2) is 4.35. The van der Waals surface area contributed by atoms with Gasteiger partial charge in [0, 0.05) is 16.0 Å². The largest absolute Gasteiger partial charge is 0.481 e. The quantitative estimate of drug-likeness (QED) is 0.882. The lowest BCUT2D eigenvalue weighted by atomic mass is 9.80. The number of halogens is 2. The first-order chi connectivity index (χ1) is 7.56. The van der Waals surface area contributed by atoms with Crippen molar-refractivity contribution in [3.63, 3.8) is 0 Å². The van der Waals surface area contributed by atoms with E-state index in [1.54, 1.807) is 18.2 Å². The highest BCUT2D eigenvalue weighted by Gasteiger charge is 2.44. The highest BCUT2D eigenvalue weighted by atomic mass is 79.9. The third-order valence-corrected chi connectivity index (χ3v) is 3.94. The van der Waals surface area contributed by atoms with Gasteiger partial charge in [-0.3, -0.25) is 4.79 Å². The number of carboxylic acid groups (broad SMARTS) is 1. The maximum absolute atomic E-state index is 11.5. The number of benzene rings is 1. The van der Waals surface area contributed by atoms with E-state index in [9.17, 15) is 9.90 Å². The van der Waals surface area contributed by atoms with Gasteiger partial charge in [-0.15, -0.1) is 0 Å². The molecule has 0 spiro atoms. The number of aliphatic carboxylic acids is 1. The van der Waals surface area contributed by atoms with Gasteiger partial charge in [0.25, 0.3) is 0 Å². The molecule has 3 nitrogen and oxygen atoms in total. The third kappa shape index (κ3) is 1.85. The molecule has 1 fully saturated rings. The van der Waals surface area contributed by atoms with Gasteiger partial charge in [0.15, 0.2) is 0 Å². The Morgan fingerprint density at radius 3 is 2.88 bits per heavy atom. The van der Waals surface area contributed by atoms with Gasteiger partial charge in [-0.25, -0.2) is 0 Å². The maximum Gasteiger partial charge on any atom is 0.315 e. The lowest BCUT2D eigenvalue weighted by Gasteiger charge is -2.25. The summed E-state index contributed by atoms with van der Waals surface area (Å²) < 4.78 is 0.794. The predicted octanol–water partition coefficient (Wildman–Crippen LogP) is 2.42. The Balaban J connectivity index is 2.55. The molecule has 1 heterocycles. The number of nitrogens with one attached hydrogen (secondary N) is 1. The van der Waals surface area contributed by atoms with E-state index in [0.29, 0.717) is 24.5 Å². The van der Waals surface area contributed by atoms with Crippen LogP contribution in [0, 0.1) is 0 Å². The molecule has 0 radical (unpaired) electrons. The molecule has 1 aliphatic heterocycles.